The van der Waals surface area contributed by atoms with E-state index in [4.69, 9.17) is 23.2 Å². The van der Waals surface area contributed by atoms with Crippen LogP contribution in [0.15, 0.2) is 46.9 Å². The molecule has 0 aliphatic heterocycles. The molecule has 0 saturated carbocycles. The smallest absolute Gasteiger partial charge is 0.244 e. The minimum Gasteiger partial charge on any atom is -0.354 e. The van der Waals surface area contributed by atoms with E-state index in [0.717, 1.165) is 10.6 Å². The highest BCUT2D eigenvalue weighted by atomic mass is 79.9. The molecule has 7 nitrogen and oxygen atoms in total. The number of hydrogen-bond acceptors (Lipinski definition) is 4. The first-order valence-corrected chi connectivity index (χ1v) is 14.5. The highest BCUT2D eigenvalue weighted by molar-refractivity contribution is 9.10. The molecule has 35 heavy (non-hydrogen) atoms. The average molecular weight is 607 g/mol. The van der Waals surface area contributed by atoms with Crippen molar-refractivity contribution in [2.45, 2.75) is 39.8 Å². The van der Waals surface area contributed by atoms with E-state index >= 15 is 0 Å². The number of anilines is 1. The van der Waals surface area contributed by atoms with Gasteiger partial charge in [0.15, 0.2) is 0 Å². The highest BCUT2D eigenvalue weighted by Crippen LogP contribution is 2.25. The summed E-state index contributed by atoms with van der Waals surface area (Å²) in [6.45, 7) is 5.79. The molecule has 0 bridgehead atoms. The van der Waals surface area contributed by atoms with Crippen molar-refractivity contribution in [3.8, 4) is 0 Å². The van der Waals surface area contributed by atoms with Crippen molar-refractivity contribution in [1.82, 2.24) is 10.2 Å². The molecule has 1 atom stereocenters. The third kappa shape index (κ3) is 8.66. The Morgan fingerprint density at radius 3 is 2.31 bits per heavy atom. The summed E-state index contributed by atoms with van der Waals surface area (Å²) in [6, 6.07) is 10.8. The monoisotopic (exact) mass is 605 g/mol. The van der Waals surface area contributed by atoms with Crippen molar-refractivity contribution < 1.29 is 18.0 Å². The first-order chi connectivity index (χ1) is 16.3. The van der Waals surface area contributed by atoms with Crippen LogP contribution in [0.3, 0.4) is 0 Å². The Morgan fingerprint density at radius 1 is 1.09 bits per heavy atom. The van der Waals surface area contributed by atoms with Crippen molar-refractivity contribution in [3.05, 3.63) is 62.5 Å². The lowest BCUT2D eigenvalue weighted by molar-refractivity contribution is -0.140. The first-order valence-electron chi connectivity index (χ1n) is 11.1. The molecule has 0 radical (unpaired) electrons. The van der Waals surface area contributed by atoms with Gasteiger partial charge in [-0.3, -0.25) is 13.9 Å². The predicted molar refractivity (Wildman–Crippen MR) is 145 cm³/mol. The Labute approximate surface area is 225 Å². The molecule has 1 N–H and O–H groups in total. The van der Waals surface area contributed by atoms with Crippen molar-refractivity contribution >= 4 is 66.7 Å². The fourth-order valence-electron chi connectivity index (χ4n) is 3.42. The van der Waals surface area contributed by atoms with Gasteiger partial charge in [-0.15, -0.1) is 0 Å². The summed E-state index contributed by atoms with van der Waals surface area (Å²) >= 11 is 15.5. The van der Waals surface area contributed by atoms with Crippen molar-refractivity contribution in [1.29, 1.82) is 0 Å². The second kappa shape index (κ2) is 12.9. The maximum Gasteiger partial charge on any atom is 0.244 e. The molecule has 11 heteroatoms. The van der Waals surface area contributed by atoms with Crippen LogP contribution in [0.25, 0.3) is 0 Å². The Hall–Kier alpha value is -1.81. The van der Waals surface area contributed by atoms with Crippen LogP contribution in [0.5, 0.6) is 0 Å². The quantitative estimate of drug-likeness (QED) is 0.385. The lowest BCUT2D eigenvalue weighted by Gasteiger charge is -2.33. The largest absolute Gasteiger partial charge is 0.354 e. The van der Waals surface area contributed by atoms with Crippen LogP contribution in [0, 0.1) is 5.92 Å². The molecular formula is C24H30BrCl2N3O4S. The number of rotatable bonds is 11. The van der Waals surface area contributed by atoms with E-state index in [-0.39, 0.29) is 18.4 Å². The number of amides is 2. The second-order valence-electron chi connectivity index (χ2n) is 8.58. The van der Waals surface area contributed by atoms with Crippen molar-refractivity contribution in [2.75, 3.05) is 23.7 Å². The number of nitrogens with one attached hydrogen (secondary N) is 1. The summed E-state index contributed by atoms with van der Waals surface area (Å²) in [5.41, 5.74) is 0.998. The number of benzene rings is 2. The van der Waals surface area contributed by atoms with E-state index in [1.165, 1.54) is 4.90 Å². The van der Waals surface area contributed by atoms with Gasteiger partial charge in [-0.1, -0.05) is 72.0 Å². The molecular weight excluding hydrogens is 577 g/mol. The fraction of sp³-hybridized carbons (Fsp3) is 0.417. The molecule has 0 spiro atoms. The van der Waals surface area contributed by atoms with E-state index in [1.807, 2.05) is 13.8 Å². The van der Waals surface area contributed by atoms with Crippen LogP contribution < -0.4 is 9.62 Å². The molecule has 2 aromatic carbocycles. The van der Waals surface area contributed by atoms with Crippen LogP contribution in [0.1, 0.15) is 32.8 Å². The molecule has 192 valence electrons. The lowest BCUT2D eigenvalue weighted by Crippen LogP contribution is -2.52. The molecule has 2 rings (SSSR count). The minimum atomic E-state index is -3.80. The van der Waals surface area contributed by atoms with E-state index in [1.54, 1.807) is 49.4 Å². The van der Waals surface area contributed by atoms with Crippen molar-refractivity contribution in [2.24, 2.45) is 5.92 Å². The molecule has 0 aromatic heterocycles. The Bertz CT molecular complexity index is 1160. The van der Waals surface area contributed by atoms with Crippen LogP contribution in [0.2, 0.25) is 10.0 Å². The summed E-state index contributed by atoms with van der Waals surface area (Å²) in [4.78, 5) is 28.1. The summed E-state index contributed by atoms with van der Waals surface area (Å²) in [5.74, 6) is -0.594. The standard InChI is InChI=1S/C24H30BrCl2N3O4S/c1-5-22(24(32)28-13-16(2)3)29(14-17-9-10-20(26)21(27)11-17)23(31)15-30(35(4,33)34)19-8-6-7-18(25)12-19/h6-12,16,22H,5,13-15H2,1-4H3,(H,28,32). The summed E-state index contributed by atoms with van der Waals surface area (Å²) in [6.07, 6.45) is 1.38. The van der Waals surface area contributed by atoms with Crippen LogP contribution in [-0.2, 0) is 26.2 Å². The Balaban J connectivity index is 2.44. The number of carbonyl (C=O) groups excluding carboxylic acids is 2. The van der Waals surface area contributed by atoms with E-state index in [2.05, 4.69) is 21.2 Å². The van der Waals surface area contributed by atoms with E-state index in [0.29, 0.717) is 38.7 Å². The van der Waals surface area contributed by atoms with Gasteiger partial charge in [-0.25, -0.2) is 8.42 Å². The molecule has 2 aromatic rings. The molecule has 0 saturated heterocycles. The van der Waals surface area contributed by atoms with Gasteiger partial charge < -0.3 is 10.2 Å². The number of nitrogens with zero attached hydrogens (tertiary/aromatic N) is 2. The number of hydrogen-bond donors (Lipinski definition) is 1. The zero-order valence-corrected chi connectivity index (χ0v) is 24.0. The SMILES string of the molecule is CCC(C(=O)NCC(C)C)N(Cc1ccc(Cl)c(Cl)c1)C(=O)CN(c1cccc(Br)c1)S(C)(=O)=O. The minimum absolute atomic E-state index is 0.0550. The topological polar surface area (TPSA) is 86.8 Å². The molecule has 0 heterocycles. The normalized spacial score (nSPS) is 12.3. The van der Waals surface area contributed by atoms with Gasteiger partial charge in [-0.05, 0) is 48.2 Å². The van der Waals surface area contributed by atoms with Crippen LogP contribution in [0.4, 0.5) is 5.69 Å². The van der Waals surface area contributed by atoms with Gasteiger partial charge in [-0.2, -0.15) is 0 Å². The third-order valence-corrected chi connectivity index (χ3v) is 7.56. The van der Waals surface area contributed by atoms with Gasteiger partial charge in [0, 0.05) is 17.6 Å². The molecule has 2 amide bonds. The maximum atomic E-state index is 13.6. The van der Waals surface area contributed by atoms with E-state index < -0.39 is 28.5 Å². The van der Waals surface area contributed by atoms with E-state index in [9.17, 15) is 18.0 Å². The average Bonchev–Trinajstić information content (AvgIpc) is 2.77. The lowest BCUT2D eigenvalue weighted by atomic mass is 10.1. The Morgan fingerprint density at radius 2 is 1.77 bits per heavy atom. The van der Waals surface area contributed by atoms with Gasteiger partial charge in [0.1, 0.15) is 12.6 Å². The predicted octanol–water partition coefficient (Wildman–Crippen LogP) is 5.10. The van der Waals surface area contributed by atoms with Crippen LogP contribution >= 0.6 is 39.1 Å². The van der Waals surface area contributed by atoms with Gasteiger partial charge >= 0.3 is 0 Å². The Kier molecular flexibility index (Phi) is 10.9. The maximum absolute atomic E-state index is 13.6. The first kappa shape index (κ1) is 29.4. The third-order valence-electron chi connectivity index (χ3n) is 5.18. The fourth-order valence-corrected chi connectivity index (χ4v) is 4.97. The van der Waals surface area contributed by atoms with Gasteiger partial charge in [0.05, 0.1) is 22.0 Å². The molecule has 0 aliphatic rings. The molecule has 0 fully saturated rings. The van der Waals surface area contributed by atoms with Gasteiger partial charge in [0.25, 0.3) is 0 Å². The number of carbonyl (C=O) groups is 2. The highest BCUT2D eigenvalue weighted by Gasteiger charge is 2.31. The van der Waals surface area contributed by atoms with Gasteiger partial charge in [0.2, 0.25) is 21.8 Å². The second-order valence-corrected chi connectivity index (χ2v) is 12.2. The zero-order chi connectivity index (χ0) is 26.3. The summed E-state index contributed by atoms with van der Waals surface area (Å²) < 4.78 is 26.9. The number of halogens is 3. The number of sulfonamides is 1. The summed E-state index contributed by atoms with van der Waals surface area (Å²) in [5, 5.41) is 3.57. The van der Waals surface area contributed by atoms with Crippen molar-refractivity contribution in [3.63, 3.8) is 0 Å². The van der Waals surface area contributed by atoms with Crippen LogP contribution in [-0.4, -0.2) is 50.5 Å². The summed E-state index contributed by atoms with van der Waals surface area (Å²) in [7, 11) is -3.80. The zero-order valence-electron chi connectivity index (χ0n) is 20.1. The molecule has 1 unspecified atom stereocenters. The molecule has 0 aliphatic carbocycles.